The van der Waals surface area contributed by atoms with Crippen molar-refractivity contribution in [2.45, 2.75) is 24.9 Å². The molecule has 27 heavy (non-hydrogen) atoms. The average Bonchev–Trinajstić information content (AvgIpc) is 3.17. The first-order valence-electron chi connectivity index (χ1n) is 8.38. The molecule has 6 N–H and O–H groups in total. The first kappa shape index (κ1) is 19.2. The van der Waals surface area contributed by atoms with Gasteiger partial charge in [-0.3, -0.25) is 19.1 Å². The molecule has 1 aliphatic heterocycles. The van der Waals surface area contributed by atoms with E-state index in [1.807, 2.05) is 0 Å². The molecule has 2 aromatic heterocycles. The summed E-state index contributed by atoms with van der Waals surface area (Å²) in [5, 5.41) is 23.0. The van der Waals surface area contributed by atoms with Gasteiger partial charge in [-0.2, -0.15) is 4.98 Å². The van der Waals surface area contributed by atoms with E-state index in [-0.39, 0.29) is 36.0 Å². The van der Waals surface area contributed by atoms with Gasteiger partial charge in [-0.1, -0.05) is 0 Å². The van der Waals surface area contributed by atoms with Crippen LogP contribution in [0.4, 0.5) is 5.95 Å². The number of methoxy groups -OCH3 is 1. The van der Waals surface area contributed by atoms with Crippen molar-refractivity contribution in [2.75, 3.05) is 32.6 Å². The minimum atomic E-state index is -1.13. The Morgan fingerprint density at radius 1 is 1.56 bits per heavy atom. The second kappa shape index (κ2) is 8.00. The Bertz CT molecular complexity index is 866. The fourth-order valence-corrected chi connectivity index (χ4v) is 3.16. The van der Waals surface area contributed by atoms with E-state index < -0.39 is 29.9 Å². The predicted octanol–water partition coefficient (Wildman–Crippen LogP) is -2.28. The molecule has 2 aromatic rings. The molecule has 3 rings (SSSR count). The Labute approximate surface area is 153 Å². The van der Waals surface area contributed by atoms with Gasteiger partial charge in [0.15, 0.2) is 17.4 Å². The maximum atomic E-state index is 12.1. The van der Waals surface area contributed by atoms with Gasteiger partial charge in [-0.05, 0) is 0 Å². The van der Waals surface area contributed by atoms with Crippen LogP contribution in [0.25, 0.3) is 11.2 Å². The fourth-order valence-electron chi connectivity index (χ4n) is 3.16. The number of nitrogens with one attached hydrogen (secondary N) is 2. The van der Waals surface area contributed by atoms with Crippen molar-refractivity contribution in [3.63, 3.8) is 0 Å². The van der Waals surface area contributed by atoms with Crippen LogP contribution in [0.1, 0.15) is 12.6 Å². The number of nitrogens with zero attached hydrogens (tertiary/aromatic N) is 3. The summed E-state index contributed by atoms with van der Waals surface area (Å²) in [7, 11) is 1.52. The summed E-state index contributed by atoms with van der Waals surface area (Å²) in [5.41, 5.74) is 5.24. The molecule has 0 unspecified atom stereocenters. The summed E-state index contributed by atoms with van der Waals surface area (Å²) < 4.78 is 12.0. The summed E-state index contributed by atoms with van der Waals surface area (Å²) in [4.78, 5) is 34.3. The zero-order valence-corrected chi connectivity index (χ0v) is 14.7. The first-order valence-corrected chi connectivity index (χ1v) is 8.38. The first-order chi connectivity index (χ1) is 13.0. The topological polar surface area (TPSA) is 178 Å². The molecule has 0 saturated carbocycles. The largest absolute Gasteiger partial charge is 0.394 e. The lowest BCUT2D eigenvalue weighted by atomic mass is 9.94. The maximum absolute atomic E-state index is 12.1. The number of amides is 1. The van der Waals surface area contributed by atoms with Crippen LogP contribution in [0.15, 0.2) is 11.1 Å². The van der Waals surface area contributed by atoms with E-state index in [1.54, 1.807) is 0 Å². The summed E-state index contributed by atoms with van der Waals surface area (Å²) in [6, 6.07) is 0. The average molecular weight is 382 g/mol. The summed E-state index contributed by atoms with van der Waals surface area (Å²) >= 11 is 0. The summed E-state index contributed by atoms with van der Waals surface area (Å²) in [6.07, 6.45) is -1.62. The molecule has 0 aromatic carbocycles. The standard InChI is InChI=1S/C15H22N6O6/c1-26-3-2-17-9(23)4-7-8(5-22)27-14(11(7)24)21-6-18-10-12(21)19-15(16)20-13(10)25/h6-8,11,14,22,24H,2-5H2,1H3,(H,17,23)(H3,16,19,20,25)/t7-,8-,11-,14-/m1/s1. The zero-order valence-electron chi connectivity index (χ0n) is 14.7. The molecule has 0 bridgehead atoms. The minimum Gasteiger partial charge on any atom is -0.394 e. The Kier molecular flexibility index (Phi) is 5.70. The van der Waals surface area contributed by atoms with Crippen molar-refractivity contribution in [1.82, 2.24) is 24.8 Å². The van der Waals surface area contributed by atoms with Gasteiger partial charge in [0.05, 0.1) is 25.6 Å². The summed E-state index contributed by atoms with van der Waals surface area (Å²) in [5.74, 6) is -1.05. The number of nitrogen functional groups attached to an aromatic ring is 1. The fraction of sp³-hybridized carbons (Fsp3) is 0.600. The van der Waals surface area contributed by atoms with Gasteiger partial charge in [0.2, 0.25) is 11.9 Å². The number of anilines is 1. The van der Waals surface area contributed by atoms with Gasteiger partial charge in [0.25, 0.3) is 5.56 Å². The van der Waals surface area contributed by atoms with Crippen molar-refractivity contribution in [3.05, 3.63) is 16.7 Å². The molecule has 1 amide bonds. The number of aliphatic hydroxyl groups is 2. The molecule has 1 fully saturated rings. The zero-order chi connectivity index (χ0) is 19.6. The number of aromatic nitrogens is 4. The number of H-pyrrole nitrogens is 1. The lowest BCUT2D eigenvalue weighted by Gasteiger charge is -2.19. The van der Waals surface area contributed by atoms with Crippen LogP contribution in [0.2, 0.25) is 0 Å². The van der Waals surface area contributed by atoms with Crippen LogP contribution in [0.3, 0.4) is 0 Å². The van der Waals surface area contributed by atoms with Crippen molar-refractivity contribution in [1.29, 1.82) is 0 Å². The van der Waals surface area contributed by atoms with Crippen LogP contribution in [-0.4, -0.2) is 74.7 Å². The molecule has 4 atom stereocenters. The maximum Gasteiger partial charge on any atom is 0.280 e. The van der Waals surface area contributed by atoms with Crippen molar-refractivity contribution >= 4 is 23.0 Å². The van der Waals surface area contributed by atoms with E-state index in [4.69, 9.17) is 15.2 Å². The van der Waals surface area contributed by atoms with Gasteiger partial charge in [0, 0.05) is 26.0 Å². The Morgan fingerprint density at radius 3 is 3.04 bits per heavy atom. The van der Waals surface area contributed by atoms with E-state index in [0.717, 1.165) is 0 Å². The molecule has 12 nitrogen and oxygen atoms in total. The number of aromatic amines is 1. The van der Waals surface area contributed by atoms with Gasteiger partial charge >= 0.3 is 0 Å². The molecule has 1 saturated heterocycles. The van der Waals surface area contributed by atoms with Gasteiger partial charge in [0.1, 0.15) is 6.10 Å². The highest BCUT2D eigenvalue weighted by Crippen LogP contribution is 2.36. The molecular formula is C15H22N6O6. The highest BCUT2D eigenvalue weighted by Gasteiger charge is 2.45. The lowest BCUT2D eigenvalue weighted by molar-refractivity contribution is -0.123. The molecule has 0 aliphatic carbocycles. The number of carbonyl (C=O) groups is 1. The van der Waals surface area contributed by atoms with Gasteiger partial charge in [-0.15, -0.1) is 0 Å². The van der Waals surface area contributed by atoms with Crippen molar-refractivity contribution in [3.8, 4) is 0 Å². The van der Waals surface area contributed by atoms with Crippen LogP contribution in [-0.2, 0) is 14.3 Å². The highest BCUT2D eigenvalue weighted by atomic mass is 16.5. The Balaban J connectivity index is 1.82. The van der Waals surface area contributed by atoms with Crippen LogP contribution < -0.4 is 16.6 Å². The second-order valence-electron chi connectivity index (χ2n) is 6.22. The Hall–Kier alpha value is -2.54. The van der Waals surface area contributed by atoms with E-state index in [1.165, 1.54) is 18.0 Å². The van der Waals surface area contributed by atoms with Crippen molar-refractivity contribution in [2.24, 2.45) is 5.92 Å². The third-order valence-electron chi connectivity index (χ3n) is 4.48. The van der Waals surface area contributed by atoms with Crippen LogP contribution in [0.5, 0.6) is 0 Å². The number of aliphatic hydroxyl groups excluding tert-OH is 2. The number of imidazole rings is 1. The van der Waals surface area contributed by atoms with Gasteiger partial charge < -0.3 is 30.7 Å². The quantitative estimate of drug-likeness (QED) is 0.330. The van der Waals surface area contributed by atoms with E-state index in [0.29, 0.717) is 13.2 Å². The number of nitrogens with two attached hydrogens (primary N) is 1. The molecule has 3 heterocycles. The van der Waals surface area contributed by atoms with E-state index in [9.17, 15) is 19.8 Å². The minimum absolute atomic E-state index is 0.0429. The van der Waals surface area contributed by atoms with Crippen molar-refractivity contribution < 1.29 is 24.5 Å². The molecule has 0 radical (unpaired) electrons. The third-order valence-corrected chi connectivity index (χ3v) is 4.48. The number of fused-ring (bicyclic) bond motifs is 1. The molecule has 1 aliphatic rings. The number of hydrogen-bond donors (Lipinski definition) is 5. The molecule has 12 heteroatoms. The number of carbonyl (C=O) groups excluding carboxylic acids is 1. The molecule has 0 spiro atoms. The third kappa shape index (κ3) is 3.78. The molecule has 148 valence electrons. The van der Waals surface area contributed by atoms with Crippen LogP contribution in [0, 0.1) is 5.92 Å². The van der Waals surface area contributed by atoms with E-state index >= 15 is 0 Å². The number of ether oxygens (including phenoxy) is 2. The predicted molar refractivity (Wildman–Crippen MR) is 92.6 cm³/mol. The number of rotatable bonds is 7. The molecular weight excluding hydrogens is 360 g/mol. The highest BCUT2D eigenvalue weighted by molar-refractivity contribution is 5.76. The normalized spacial score (nSPS) is 25.1. The Morgan fingerprint density at radius 2 is 2.33 bits per heavy atom. The monoisotopic (exact) mass is 382 g/mol. The van der Waals surface area contributed by atoms with E-state index in [2.05, 4.69) is 20.3 Å². The smallest absolute Gasteiger partial charge is 0.280 e. The summed E-state index contributed by atoms with van der Waals surface area (Å²) in [6.45, 7) is 0.320. The van der Waals surface area contributed by atoms with Crippen LogP contribution >= 0.6 is 0 Å². The number of hydrogen-bond acceptors (Lipinski definition) is 9. The lowest BCUT2D eigenvalue weighted by Crippen LogP contribution is -2.35. The second-order valence-corrected chi connectivity index (χ2v) is 6.22. The SMILES string of the molecule is COCCNC(=O)C[C@H]1[C@@H](O)[C@H](n2cnc3c(=O)[nH]c(N)nc32)O[C@@H]1CO. The van der Waals surface area contributed by atoms with Gasteiger partial charge in [-0.25, -0.2) is 4.98 Å².